The van der Waals surface area contributed by atoms with Gasteiger partial charge in [-0.05, 0) is 24.3 Å². The Morgan fingerprint density at radius 2 is 2.19 bits per heavy atom. The molecule has 0 aliphatic heterocycles. The van der Waals surface area contributed by atoms with Crippen LogP contribution in [-0.2, 0) is 10.5 Å². The predicted molar refractivity (Wildman–Crippen MR) is 85.3 cm³/mol. The molecule has 1 amide bonds. The number of amides is 1. The first-order chi connectivity index (χ1) is 10.1. The molecule has 2 aromatic rings. The summed E-state index contributed by atoms with van der Waals surface area (Å²) < 4.78 is 0.717. The molecule has 0 fully saturated rings. The molecule has 21 heavy (non-hydrogen) atoms. The lowest BCUT2D eigenvalue weighted by Gasteiger charge is -2.06. The zero-order valence-electron chi connectivity index (χ0n) is 10.7. The third-order valence-electron chi connectivity index (χ3n) is 2.40. The van der Waals surface area contributed by atoms with Gasteiger partial charge in [0.2, 0.25) is 5.91 Å². The van der Waals surface area contributed by atoms with Gasteiger partial charge in [0.25, 0.3) is 0 Å². The number of aromatic carboxylic acids is 1. The molecule has 0 aromatic carbocycles. The molecule has 0 aliphatic rings. The third-order valence-corrected chi connectivity index (χ3v) is 4.80. The summed E-state index contributed by atoms with van der Waals surface area (Å²) in [6.07, 6.45) is 1.43. The molecule has 110 valence electrons. The van der Waals surface area contributed by atoms with Crippen LogP contribution in [0.3, 0.4) is 0 Å². The van der Waals surface area contributed by atoms with Gasteiger partial charge in [-0.3, -0.25) is 4.79 Å². The number of anilines is 1. The van der Waals surface area contributed by atoms with Gasteiger partial charge in [-0.1, -0.05) is 11.6 Å². The van der Waals surface area contributed by atoms with Gasteiger partial charge in [-0.15, -0.1) is 23.1 Å². The molecule has 2 aromatic heterocycles. The van der Waals surface area contributed by atoms with Crippen molar-refractivity contribution in [3.8, 4) is 0 Å². The number of pyridine rings is 1. The molecule has 2 heterocycles. The van der Waals surface area contributed by atoms with E-state index >= 15 is 0 Å². The number of halogens is 1. The monoisotopic (exact) mass is 342 g/mol. The molecular weight excluding hydrogens is 332 g/mol. The number of aromatic nitrogens is 1. The van der Waals surface area contributed by atoms with Crippen molar-refractivity contribution in [1.29, 1.82) is 0 Å². The van der Waals surface area contributed by atoms with E-state index in [4.69, 9.17) is 16.7 Å². The lowest BCUT2D eigenvalue weighted by molar-refractivity contribution is -0.113. The smallest absolute Gasteiger partial charge is 0.339 e. The predicted octanol–water partition coefficient (Wildman–Crippen LogP) is 3.37. The number of hydrogen-bond acceptors (Lipinski definition) is 5. The van der Waals surface area contributed by atoms with Crippen molar-refractivity contribution in [2.24, 2.45) is 0 Å². The quantitative estimate of drug-likeness (QED) is 0.841. The highest BCUT2D eigenvalue weighted by Gasteiger charge is 2.13. The van der Waals surface area contributed by atoms with E-state index in [0.717, 1.165) is 9.21 Å². The van der Waals surface area contributed by atoms with Crippen LogP contribution < -0.4 is 5.32 Å². The van der Waals surface area contributed by atoms with Gasteiger partial charge in [0.1, 0.15) is 11.4 Å². The minimum Gasteiger partial charge on any atom is -0.478 e. The first-order valence-electron chi connectivity index (χ1n) is 5.86. The second-order valence-electron chi connectivity index (χ2n) is 3.95. The Morgan fingerprint density at radius 1 is 1.38 bits per heavy atom. The number of carboxylic acids is 1. The van der Waals surface area contributed by atoms with E-state index in [9.17, 15) is 9.59 Å². The Balaban J connectivity index is 1.86. The number of carboxylic acid groups (broad SMARTS) is 1. The first-order valence-corrected chi connectivity index (χ1v) is 8.21. The number of hydrogen-bond donors (Lipinski definition) is 2. The fourth-order valence-corrected chi connectivity index (χ4v) is 3.54. The summed E-state index contributed by atoms with van der Waals surface area (Å²) in [6, 6.07) is 6.63. The van der Waals surface area contributed by atoms with Crippen LogP contribution in [0.5, 0.6) is 0 Å². The molecule has 0 atom stereocenters. The van der Waals surface area contributed by atoms with Crippen molar-refractivity contribution in [2.75, 3.05) is 11.1 Å². The van der Waals surface area contributed by atoms with Crippen LogP contribution in [0.1, 0.15) is 15.2 Å². The van der Waals surface area contributed by atoms with Crippen molar-refractivity contribution in [1.82, 2.24) is 4.98 Å². The van der Waals surface area contributed by atoms with E-state index < -0.39 is 5.97 Å². The molecule has 0 unspecified atom stereocenters. The van der Waals surface area contributed by atoms with Crippen molar-refractivity contribution in [2.45, 2.75) is 5.75 Å². The largest absolute Gasteiger partial charge is 0.478 e. The number of thioether (sulfide) groups is 1. The summed E-state index contributed by atoms with van der Waals surface area (Å²) in [6.45, 7) is 0. The van der Waals surface area contributed by atoms with E-state index in [1.54, 1.807) is 0 Å². The molecule has 0 bridgehead atoms. The molecule has 8 heteroatoms. The Kier molecular flexibility index (Phi) is 5.60. The van der Waals surface area contributed by atoms with Crippen LogP contribution in [0.4, 0.5) is 5.82 Å². The molecule has 0 radical (unpaired) electrons. The van der Waals surface area contributed by atoms with Crippen molar-refractivity contribution < 1.29 is 14.7 Å². The lowest BCUT2D eigenvalue weighted by Crippen LogP contribution is -2.17. The number of thiophene rings is 1. The maximum Gasteiger partial charge on any atom is 0.339 e. The van der Waals surface area contributed by atoms with Crippen LogP contribution in [-0.4, -0.2) is 27.7 Å². The number of nitrogens with zero attached hydrogens (tertiary/aromatic N) is 1. The topological polar surface area (TPSA) is 79.3 Å². The minimum absolute atomic E-state index is 0.0270. The van der Waals surface area contributed by atoms with E-state index in [2.05, 4.69) is 10.3 Å². The van der Waals surface area contributed by atoms with Gasteiger partial charge in [0.15, 0.2) is 0 Å². The highest BCUT2D eigenvalue weighted by atomic mass is 35.5. The Bertz CT molecular complexity index is 660. The lowest BCUT2D eigenvalue weighted by atomic mass is 10.2. The molecule has 0 aliphatic carbocycles. The summed E-state index contributed by atoms with van der Waals surface area (Å²) in [5, 5.41) is 11.5. The fraction of sp³-hybridized carbons (Fsp3) is 0.154. The molecule has 2 N–H and O–H groups in total. The average molecular weight is 343 g/mol. The number of nitrogens with one attached hydrogen (secondary N) is 1. The van der Waals surface area contributed by atoms with Gasteiger partial charge < -0.3 is 10.4 Å². The summed E-state index contributed by atoms with van der Waals surface area (Å²) in [5.74, 6) is -0.456. The highest BCUT2D eigenvalue weighted by molar-refractivity contribution is 7.99. The standard InChI is InChI=1S/C13H11ClN2O3S2/c14-10-4-3-8(21-10)6-20-7-11(17)16-12-9(13(18)19)2-1-5-15-12/h1-5H,6-7H2,(H,18,19)(H,15,16,17). The molecule has 5 nitrogen and oxygen atoms in total. The third kappa shape index (κ3) is 4.73. The summed E-state index contributed by atoms with van der Waals surface area (Å²) >= 11 is 8.72. The Morgan fingerprint density at radius 3 is 2.86 bits per heavy atom. The van der Waals surface area contributed by atoms with Gasteiger partial charge >= 0.3 is 5.97 Å². The molecular formula is C13H11ClN2O3S2. The van der Waals surface area contributed by atoms with Crippen LogP contribution in [0.2, 0.25) is 4.34 Å². The molecule has 0 saturated heterocycles. The second-order valence-corrected chi connectivity index (χ2v) is 6.74. The van der Waals surface area contributed by atoms with Crippen LogP contribution in [0.15, 0.2) is 30.5 Å². The van der Waals surface area contributed by atoms with Gasteiger partial charge in [0.05, 0.1) is 10.1 Å². The SMILES string of the molecule is O=C(CSCc1ccc(Cl)s1)Nc1ncccc1C(=O)O. The van der Waals surface area contributed by atoms with Gasteiger partial charge in [-0.2, -0.15) is 0 Å². The second kappa shape index (κ2) is 7.44. The van der Waals surface area contributed by atoms with Crippen LogP contribution >= 0.6 is 34.7 Å². The number of rotatable bonds is 6. The molecule has 2 rings (SSSR count). The van der Waals surface area contributed by atoms with E-state index in [0.29, 0.717) is 5.75 Å². The minimum atomic E-state index is -1.13. The van der Waals surface area contributed by atoms with Crippen LogP contribution in [0, 0.1) is 0 Å². The van der Waals surface area contributed by atoms with E-state index in [1.165, 1.54) is 41.4 Å². The van der Waals surface area contributed by atoms with Gasteiger partial charge in [0, 0.05) is 16.8 Å². The normalized spacial score (nSPS) is 10.3. The maximum absolute atomic E-state index is 11.8. The van der Waals surface area contributed by atoms with Crippen molar-refractivity contribution in [3.05, 3.63) is 45.2 Å². The van der Waals surface area contributed by atoms with Gasteiger partial charge in [-0.25, -0.2) is 9.78 Å². The maximum atomic E-state index is 11.8. The Labute approximate surface area is 134 Å². The van der Waals surface area contributed by atoms with Crippen LogP contribution in [0.25, 0.3) is 0 Å². The van der Waals surface area contributed by atoms with E-state index in [1.807, 2.05) is 12.1 Å². The fourth-order valence-electron chi connectivity index (χ4n) is 1.52. The molecule has 0 saturated carbocycles. The highest BCUT2D eigenvalue weighted by Crippen LogP contribution is 2.25. The number of carbonyl (C=O) groups excluding carboxylic acids is 1. The average Bonchev–Trinajstić information content (AvgIpc) is 2.85. The number of carbonyl (C=O) groups is 2. The Hall–Kier alpha value is -1.57. The first kappa shape index (κ1) is 15.8. The molecule has 0 spiro atoms. The summed E-state index contributed by atoms with van der Waals surface area (Å²) in [7, 11) is 0. The zero-order valence-corrected chi connectivity index (χ0v) is 13.1. The van der Waals surface area contributed by atoms with Crippen molar-refractivity contribution in [3.63, 3.8) is 0 Å². The van der Waals surface area contributed by atoms with E-state index in [-0.39, 0.29) is 23.0 Å². The summed E-state index contributed by atoms with van der Waals surface area (Å²) in [5.41, 5.74) is -0.0270. The zero-order chi connectivity index (χ0) is 15.2. The summed E-state index contributed by atoms with van der Waals surface area (Å²) in [4.78, 5) is 27.7. The van der Waals surface area contributed by atoms with Crippen molar-refractivity contribution >= 4 is 52.4 Å².